The number of aromatic hydroxyl groups is 1. The SMILES string of the molecule is Cc1cnc(NC(C)c2ccc(O)cc2)nc1N(C)C. The van der Waals surface area contributed by atoms with Crippen molar-refractivity contribution in [2.24, 2.45) is 0 Å². The largest absolute Gasteiger partial charge is 0.508 e. The van der Waals surface area contributed by atoms with Gasteiger partial charge in [-0.1, -0.05) is 12.1 Å². The lowest BCUT2D eigenvalue weighted by Crippen LogP contribution is -2.15. The number of nitrogens with zero attached hydrogens (tertiary/aromatic N) is 3. The standard InChI is InChI=1S/C15H20N4O/c1-10-9-16-15(18-14(10)19(3)4)17-11(2)12-5-7-13(20)8-6-12/h5-9,11,20H,1-4H3,(H,16,17,18). The van der Waals surface area contributed by atoms with Gasteiger partial charge in [0.15, 0.2) is 0 Å². The maximum atomic E-state index is 9.31. The van der Waals surface area contributed by atoms with E-state index >= 15 is 0 Å². The van der Waals surface area contributed by atoms with Gasteiger partial charge in [-0.2, -0.15) is 4.98 Å². The second kappa shape index (κ2) is 5.77. The second-order valence-corrected chi connectivity index (χ2v) is 5.05. The number of phenols is 1. The van der Waals surface area contributed by atoms with Crippen LogP contribution < -0.4 is 10.2 Å². The van der Waals surface area contributed by atoms with Gasteiger partial charge in [-0.15, -0.1) is 0 Å². The van der Waals surface area contributed by atoms with E-state index < -0.39 is 0 Å². The predicted molar refractivity (Wildman–Crippen MR) is 81.2 cm³/mol. The molecule has 0 spiro atoms. The Balaban J connectivity index is 2.17. The average Bonchev–Trinajstić information content (AvgIpc) is 2.41. The van der Waals surface area contributed by atoms with Crippen LogP contribution in [0.3, 0.4) is 0 Å². The van der Waals surface area contributed by atoms with Crippen molar-refractivity contribution in [3.63, 3.8) is 0 Å². The van der Waals surface area contributed by atoms with Crippen LogP contribution >= 0.6 is 0 Å². The topological polar surface area (TPSA) is 61.3 Å². The summed E-state index contributed by atoms with van der Waals surface area (Å²) in [4.78, 5) is 10.8. The Hall–Kier alpha value is -2.30. The van der Waals surface area contributed by atoms with Gasteiger partial charge in [0.2, 0.25) is 5.95 Å². The zero-order chi connectivity index (χ0) is 14.7. The summed E-state index contributed by atoms with van der Waals surface area (Å²) in [7, 11) is 3.92. The van der Waals surface area contributed by atoms with Crippen LogP contribution in [0, 0.1) is 6.92 Å². The fourth-order valence-corrected chi connectivity index (χ4v) is 2.00. The maximum Gasteiger partial charge on any atom is 0.225 e. The number of benzene rings is 1. The zero-order valence-corrected chi connectivity index (χ0v) is 12.3. The lowest BCUT2D eigenvalue weighted by atomic mass is 10.1. The lowest BCUT2D eigenvalue weighted by Gasteiger charge is -2.18. The van der Waals surface area contributed by atoms with E-state index in [1.54, 1.807) is 12.1 Å². The zero-order valence-electron chi connectivity index (χ0n) is 12.3. The summed E-state index contributed by atoms with van der Waals surface area (Å²) in [6.45, 7) is 4.02. The molecule has 0 saturated heterocycles. The first-order valence-electron chi connectivity index (χ1n) is 6.54. The summed E-state index contributed by atoms with van der Waals surface area (Å²) < 4.78 is 0. The number of nitrogens with one attached hydrogen (secondary N) is 1. The van der Waals surface area contributed by atoms with Crippen LogP contribution in [0.25, 0.3) is 0 Å². The number of aryl methyl sites for hydroxylation is 1. The van der Waals surface area contributed by atoms with Gasteiger partial charge in [0, 0.05) is 25.9 Å². The van der Waals surface area contributed by atoms with Crippen molar-refractivity contribution < 1.29 is 5.11 Å². The van der Waals surface area contributed by atoms with E-state index in [0.717, 1.165) is 16.9 Å². The van der Waals surface area contributed by atoms with Crippen molar-refractivity contribution in [2.75, 3.05) is 24.3 Å². The molecule has 20 heavy (non-hydrogen) atoms. The molecule has 1 atom stereocenters. The van der Waals surface area contributed by atoms with Crippen molar-refractivity contribution in [1.82, 2.24) is 9.97 Å². The minimum atomic E-state index is 0.0633. The van der Waals surface area contributed by atoms with Crippen LogP contribution in [-0.4, -0.2) is 29.2 Å². The van der Waals surface area contributed by atoms with E-state index in [0.29, 0.717) is 5.95 Å². The Morgan fingerprint density at radius 3 is 2.45 bits per heavy atom. The fourth-order valence-electron chi connectivity index (χ4n) is 2.00. The first kappa shape index (κ1) is 14.1. The highest BCUT2D eigenvalue weighted by Crippen LogP contribution is 2.21. The molecule has 5 nitrogen and oxygen atoms in total. The number of rotatable bonds is 4. The molecular weight excluding hydrogens is 252 g/mol. The van der Waals surface area contributed by atoms with Gasteiger partial charge in [0.1, 0.15) is 11.6 Å². The van der Waals surface area contributed by atoms with Crippen LogP contribution in [-0.2, 0) is 0 Å². The Morgan fingerprint density at radius 1 is 1.20 bits per heavy atom. The molecule has 2 rings (SSSR count). The summed E-state index contributed by atoms with van der Waals surface area (Å²) in [6, 6.07) is 7.18. The lowest BCUT2D eigenvalue weighted by molar-refractivity contribution is 0.475. The summed E-state index contributed by atoms with van der Waals surface area (Å²) in [5, 5.41) is 12.6. The molecule has 106 valence electrons. The number of aromatic nitrogens is 2. The molecule has 0 bridgehead atoms. The van der Waals surface area contributed by atoms with Crippen LogP contribution in [0.4, 0.5) is 11.8 Å². The predicted octanol–water partition coefficient (Wildman–Crippen LogP) is 2.73. The van der Waals surface area contributed by atoms with Crippen LogP contribution in [0.2, 0.25) is 0 Å². The molecule has 0 aliphatic rings. The molecule has 2 N–H and O–H groups in total. The average molecular weight is 272 g/mol. The van der Waals surface area contributed by atoms with Crippen LogP contribution in [0.15, 0.2) is 30.5 Å². The monoisotopic (exact) mass is 272 g/mol. The highest BCUT2D eigenvalue weighted by Gasteiger charge is 2.10. The molecule has 0 fully saturated rings. The first-order valence-corrected chi connectivity index (χ1v) is 6.54. The van der Waals surface area contributed by atoms with Gasteiger partial charge in [0.05, 0.1) is 6.04 Å². The van der Waals surface area contributed by atoms with Crippen LogP contribution in [0.1, 0.15) is 24.1 Å². The maximum absolute atomic E-state index is 9.31. The van der Waals surface area contributed by atoms with Crippen molar-refractivity contribution in [3.05, 3.63) is 41.6 Å². The third kappa shape index (κ3) is 3.17. The van der Waals surface area contributed by atoms with Gasteiger partial charge in [-0.25, -0.2) is 4.98 Å². The van der Waals surface area contributed by atoms with Crippen molar-refractivity contribution in [3.8, 4) is 5.75 Å². The Kier molecular flexibility index (Phi) is 4.08. The minimum Gasteiger partial charge on any atom is -0.508 e. The summed E-state index contributed by atoms with van der Waals surface area (Å²) >= 11 is 0. The summed E-state index contributed by atoms with van der Waals surface area (Å²) in [6.07, 6.45) is 1.81. The molecule has 1 unspecified atom stereocenters. The highest BCUT2D eigenvalue weighted by atomic mass is 16.3. The molecule has 0 radical (unpaired) electrons. The van der Waals surface area contributed by atoms with Gasteiger partial charge in [0.25, 0.3) is 0 Å². The second-order valence-electron chi connectivity index (χ2n) is 5.05. The van der Waals surface area contributed by atoms with Crippen molar-refractivity contribution >= 4 is 11.8 Å². The highest BCUT2D eigenvalue weighted by molar-refractivity contribution is 5.48. The van der Waals surface area contributed by atoms with Gasteiger partial charge in [-0.3, -0.25) is 0 Å². The van der Waals surface area contributed by atoms with E-state index in [1.165, 1.54) is 0 Å². The minimum absolute atomic E-state index is 0.0633. The van der Waals surface area contributed by atoms with Gasteiger partial charge < -0.3 is 15.3 Å². The summed E-state index contributed by atoms with van der Waals surface area (Å²) in [5.41, 5.74) is 2.11. The Morgan fingerprint density at radius 2 is 1.85 bits per heavy atom. The van der Waals surface area contributed by atoms with E-state index in [9.17, 15) is 5.11 Å². The third-order valence-electron chi connectivity index (χ3n) is 3.11. The third-order valence-corrected chi connectivity index (χ3v) is 3.11. The molecule has 0 aliphatic heterocycles. The van der Waals surface area contributed by atoms with Crippen LogP contribution in [0.5, 0.6) is 5.75 Å². The molecule has 2 aromatic rings. The number of hydrogen-bond donors (Lipinski definition) is 2. The van der Waals surface area contributed by atoms with E-state index in [-0.39, 0.29) is 11.8 Å². The molecule has 0 saturated carbocycles. The quantitative estimate of drug-likeness (QED) is 0.896. The molecule has 1 aromatic carbocycles. The Bertz CT molecular complexity index is 581. The molecule has 1 aromatic heterocycles. The smallest absolute Gasteiger partial charge is 0.225 e. The van der Waals surface area contributed by atoms with Crippen molar-refractivity contribution in [1.29, 1.82) is 0 Å². The molecular formula is C15H20N4O. The number of anilines is 2. The van der Waals surface area contributed by atoms with Crippen molar-refractivity contribution in [2.45, 2.75) is 19.9 Å². The molecule has 0 aliphatic carbocycles. The van der Waals surface area contributed by atoms with E-state index in [2.05, 4.69) is 15.3 Å². The molecule has 1 heterocycles. The normalized spacial score (nSPS) is 12.0. The Labute approximate surface area is 119 Å². The fraction of sp³-hybridized carbons (Fsp3) is 0.333. The molecule has 0 amide bonds. The first-order chi connectivity index (χ1) is 9.47. The van der Waals surface area contributed by atoms with E-state index in [4.69, 9.17) is 0 Å². The number of hydrogen-bond acceptors (Lipinski definition) is 5. The molecule has 5 heteroatoms. The van der Waals surface area contributed by atoms with Gasteiger partial charge >= 0.3 is 0 Å². The number of phenolic OH excluding ortho intramolecular Hbond substituents is 1. The van der Waals surface area contributed by atoms with Gasteiger partial charge in [-0.05, 0) is 31.5 Å². The van der Waals surface area contributed by atoms with E-state index in [1.807, 2.05) is 51.2 Å². The summed E-state index contributed by atoms with van der Waals surface area (Å²) in [5.74, 6) is 1.77.